The van der Waals surface area contributed by atoms with E-state index < -0.39 is 0 Å². The zero-order valence-electron chi connectivity index (χ0n) is 10.6. The van der Waals surface area contributed by atoms with Gasteiger partial charge in [0.05, 0.1) is 0 Å². The van der Waals surface area contributed by atoms with Gasteiger partial charge in [0.15, 0.2) is 0 Å². The molecule has 2 nitrogen and oxygen atoms in total. The smallest absolute Gasteiger partial charge is 0.137 e. The molecule has 1 saturated carbocycles. The van der Waals surface area contributed by atoms with Crippen LogP contribution in [0.4, 0.5) is 5.69 Å². The lowest BCUT2D eigenvalue weighted by atomic mass is 9.87. The first-order chi connectivity index (χ1) is 8.31. The second kappa shape index (κ2) is 5.85. The van der Waals surface area contributed by atoms with Crippen LogP contribution in [0.5, 0.6) is 0 Å². The Bertz CT molecular complexity index is 360. The number of para-hydroxylation sites is 1. The molecule has 1 unspecified atom stereocenters. The topological polar surface area (TPSA) is 20.3 Å². The third-order valence-corrected chi connectivity index (χ3v) is 3.62. The van der Waals surface area contributed by atoms with Crippen molar-refractivity contribution in [2.75, 3.05) is 18.0 Å². The number of ketones is 1. The lowest BCUT2D eigenvalue weighted by Crippen LogP contribution is -2.34. The van der Waals surface area contributed by atoms with Crippen molar-refractivity contribution >= 4 is 11.5 Å². The fraction of sp³-hybridized carbons (Fsp3) is 0.533. The molecule has 0 aromatic heterocycles. The van der Waals surface area contributed by atoms with Crippen molar-refractivity contribution in [3.63, 3.8) is 0 Å². The van der Waals surface area contributed by atoms with E-state index in [-0.39, 0.29) is 5.92 Å². The fourth-order valence-corrected chi connectivity index (χ4v) is 2.57. The number of carbonyl (C=O) groups excluding carboxylic acids is 1. The van der Waals surface area contributed by atoms with E-state index in [0.717, 1.165) is 32.4 Å². The molecule has 1 aliphatic rings. The summed E-state index contributed by atoms with van der Waals surface area (Å²) in [4.78, 5) is 14.2. The zero-order valence-corrected chi connectivity index (χ0v) is 10.6. The number of nitrogens with zero attached hydrogens (tertiary/aromatic N) is 1. The summed E-state index contributed by atoms with van der Waals surface area (Å²) in [6.45, 7) is 4.01. The highest BCUT2D eigenvalue weighted by atomic mass is 16.1. The molecular formula is C15H21NO. The van der Waals surface area contributed by atoms with Crippen LogP contribution in [0.3, 0.4) is 0 Å². The van der Waals surface area contributed by atoms with Crippen LogP contribution in [0.2, 0.25) is 0 Å². The second-order valence-electron chi connectivity index (χ2n) is 4.78. The minimum Gasteiger partial charge on any atom is -0.371 e. The molecule has 0 spiro atoms. The Hall–Kier alpha value is -1.31. The van der Waals surface area contributed by atoms with E-state index in [9.17, 15) is 4.79 Å². The molecule has 0 heterocycles. The van der Waals surface area contributed by atoms with Crippen molar-refractivity contribution in [2.45, 2.75) is 32.6 Å². The van der Waals surface area contributed by atoms with Gasteiger partial charge in [-0.2, -0.15) is 0 Å². The molecule has 1 atom stereocenters. The molecule has 0 amide bonds. The first-order valence-corrected chi connectivity index (χ1v) is 6.64. The van der Waals surface area contributed by atoms with Gasteiger partial charge in [-0.15, -0.1) is 0 Å². The average Bonchev–Trinajstić information content (AvgIpc) is 2.39. The molecule has 1 aromatic carbocycles. The number of carbonyl (C=O) groups is 1. The third-order valence-electron chi connectivity index (χ3n) is 3.62. The molecule has 2 heteroatoms. The molecule has 2 rings (SSSR count). The molecule has 92 valence electrons. The van der Waals surface area contributed by atoms with Gasteiger partial charge in [-0.3, -0.25) is 4.79 Å². The van der Waals surface area contributed by atoms with Gasteiger partial charge in [0.25, 0.3) is 0 Å². The minimum absolute atomic E-state index is 0.254. The molecule has 0 bridgehead atoms. The highest BCUT2D eigenvalue weighted by Gasteiger charge is 2.24. The van der Waals surface area contributed by atoms with Crippen molar-refractivity contribution < 1.29 is 4.79 Å². The zero-order chi connectivity index (χ0) is 12.1. The highest BCUT2D eigenvalue weighted by molar-refractivity contribution is 5.82. The number of Topliss-reactive ketones (excluding diaryl/α,β-unsaturated/α-hetero) is 1. The number of hydrogen-bond acceptors (Lipinski definition) is 2. The number of anilines is 1. The van der Waals surface area contributed by atoms with Gasteiger partial charge in [-0.25, -0.2) is 0 Å². The van der Waals surface area contributed by atoms with Crippen LogP contribution < -0.4 is 4.90 Å². The van der Waals surface area contributed by atoms with Crippen LogP contribution in [0.1, 0.15) is 32.6 Å². The van der Waals surface area contributed by atoms with Crippen LogP contribution in [0.15, 0.2) is 30.3 Å². The largest absolute Gasteiger partial charge is 0.371 e. The summed E-state index contributed by atoms with van der Waals surface area (Å²) in [7, 11) is 0. The fourth-order valence-electron chi connectivity index (χ4n) is 2.57. The first-order valence-electron chi connectivity index (χ1n) is 6.64. The normalized spacial score (nSPS) is 20.3. The molecule has 1 fully saturated rings. The summed E-state index contributed by atoms with van der Waals surface area (Å²) >= 11 is 0. The summed E-state index contributed by atoms with van der Waals surface area (Å²) in [6, 6.07) is 10.4. The molecule has 17 heavy (non-hydrogen) atoms. The standard InChI is InChI=1S/C15H21NO/c1-2-16(14-9-4-3-5-10-14)12-13-8-6-7-11-15(13)17/h3-5,9-10,13H,2,6-8,11-12H2,1H3. The Morgan fingerprint density at radius 1 is 1.24 bits per heavy atom. The van der Waals surface area contributed by atoms with Crippen molar-refractivity contribution in [2.24, 2.45) is 5.92 Å². The van der Waals surface area contributed by atoms with Gasteiger partial charge in [0, 0.05) is 31.1 Å². The molecule has 1 aromatic rings. The first kappa shape index (κ1) is 12.2. The van der Waals surface area contributed by atoms with Gasteiger partial charge in [0.1, 0.15) is 5.78 Å². The number of hydrogen-bond donors (Lipinski definition) is 0. The maximum absolute atomic E-state index is 11.9. The third kappa shape index (κ3) is 3.09. The van der Waals surface area contributed by atoms with E-state index in [1.165, 1.54) is 12.1 Å². The quantitative estimate of drug-likeness (QED) is 0.792. The Labute approximate surface area is 104 Å². The van der Waals surface area contributed by atoms with Gasteiger partial charge in [0.2, 0.25) is 0 Å². The highest BCUT2D eigenvalue weighted by Crippen LogP contribution is 2.23. The molecule has 0 saturated heterocycles. The van der Waals surface area contributed by atoms with Crippen LogP contribution in [0.25, 0.3) is 0 Å². The van der Waals surface area contributed by atoms with E-state index in [0.29, 0.717) is 5.78 Å². The van der Waals surface area contributed by atoms with Crippen LogP contribution in [-0.2, 0) is 4.79 Å². The van der Waals surface area contributed by atoms with E-state index >= 15 is 0 Å². The molecule has 0 N–H and O–H groups in total. The summed E-state index contributed by atoms with van der Waals surface area (Å²) in [6.07, 6.45) is 4.16. The summed E-state index contributed by atoms with van der Waals surface area (Å²) in [5.41, 5.74) is 1.23. The van der Waals surface area contributed by atoms with Crippen LogP contribution in [-0.4, -0.2) is 18.9 Å². The second-order valence-corrected chi connectivity index (χ2v) is 4.78. The van der Waals surface area contributed by atoms with Crippen molar-refractivity contribution in [3.05, 3.63) is 30.3 Å². The van der Waals surface area contributed by atoms with Gasteiger partial charge >= 0.3 is 0 Å². The molecular weight excluding hydrogens is 210 g/mol. The summed E-state index contributed by atoms with van der Waals surface area (Å²) < 4.78 is 0. The lowest BCUT2D eigenvalue weighted by molar-refractivity contribution is -0.124. The summed E-state index contributed by atoms with van der Waals surface area (Å²) in [5, 5.41) is 0. The Kier molecular flexibility index (Phi) is 4.18. The number of rotatable bonds is 4. The summed E-state index contributed by atoms with van der Waals surface area (Å²) in [5.74, 6) is 0.717. The van der Waals surface area contributed by atoms with Crippen LogP contribution >= 0.6 is 0 Å². The SMILES string of the molecule is CCN(CC1CCCCC1=O)c1ccccc1. The average molecular weight is 231 g/mol. The minimum atomic E-state index is 0.254. The predicted molar refractivity (Wildman–Crippen MR) is 71.3 cm³/mol. The van der Waals surface area contributed by atoms with E-state index in [4.69, 9.17) is 0 Å². The van der Waals surface area contributed by atoms with Crippen LogP contribution in [0, 0.1) is 5.92 Å². The van der Waals surface area contributed by atoms with Crippen molar-refractivity contribution in [3.8, 4) is 0 Å². The molecule has 1 aliphatic carbocycles. The Morgan fingerprint density at radius 2 is 2.00 bits per heavy atom. The maximum atomic E-state index is 11.9. The van der Waals surface area contributed by atoms with Gasteiger partial charge in [-0.05, 0) is 31.9 Å². The van der Waals surface area contributed by atoms with E-state index in [1.54, 1.807) is 0 Å². The van der Waals surface area contributed by atoms with Crippen molar-refractivity contribution in [1.82, 2.24) is 0 Å². The lowest BCUT2D eigenvalue weighted by Gasteiger charge is -2.29. The predicted octanol–water partition coefficient (Wildman–Crippen LogP) is 3.27. The monoisotopic (exact) mass is 231 g/mol. The maximum Gasteiger partial charge on any atom is 0.137 e. The van der Waals surface area contributed by atoms with Crippen molar-refractivity contribution in [1.29, 1.82) is 0 Å². The van der Waals surface area contributed by atoms with E-state index in [1.807, 2.05) is 6.07 Å². The molecule has 0 aliphatic heterocycles. The van der Waals surface area contributed by atoms with Gasteiger partial charge in [-0.1, -0.05) is 24.6 Å². The number of benzene rings is 1. The Balaban J connectivity index is 2.02. The van der Waals surface area contributed by atoms with Gasteiger partial charge < -0.3 is 4.90 Å². The van der Waals surface area contributed by atoms with E-state index in [2.05, 4.69) is 36.1 Å². The molecule has 0 radical (unpaired) electrons. The Morgan fingerprint density at radius 3 is 2.65 bits per heavy atom.